The number of likely N-dealkylation sites (tertiary alicyclic amines) is 1. The zero-order valence-electron chi connectivity index (χ0n) is 23.7. The van der Waals surface area contributed by atoms with Crippen molar-refractivity contribution in [2.45, 2.75) is 59.9 Å². The monoisotopic (exact) mass is 532 g/mol. The molecule has 0 bridgehead atoms. The molecule has 1 fully saturated rings. The fourth-order valence-corrected chi connectivity index (χ4v) is 5.22. The predicted octanol–water partition coefficient (Wildman–Crippen LogP) is 5.28. The number of Topliss-reactive ketones (excluding diaryl/α,β-unsaturated/α-hetero) is 1. The van der Waals surface area contributed by atoms with Crippen LogP contribution in [0.2, 0.25) is 0 Å². The lowest BCUT2D eigenvalue weighted by molar-refractivity contribution is -0.140. The van der Waals surface area contributed by atoms with Gasteiger partial charge in [-0.1, -0.05) is 45.4 Å². The largest absolute Gasteiger partial charge is 0.505 e. The van der Waals surface area contributed by atoms with E-state index in [9.17, 15) is 14.7 Å². The molecule has 208 valence electrons. The highest BCUT2D eigenvalue weighted by Crippen LogP contribution is 2.40. The van der Waals surface area contributed by atoms with E-state index in [1.54, 1.807) is 4.90 Å². The van der Waals surface area contributed by atoms with E-state index in [4.69, 9.17) is 4.74 Å². The van der Waals surface area contributed by atoms with Gasteiger partial charge in [0.05, 0.1) is 23.9 Å². The Morgan fingerprint density at radius 2 is 1.77 bits per heavy atom. The van der Waals surface area contributed by atoms with Gasteiger partial charge in [-0.05, 0) is 75.6 Å². The molecule has 8 nitrogen and oxygen atoms in total. The van der Waals surface area contributed by atoms with E-state index in [0.29, 0.717) is 30.2 Å². The number of ether oxygens (including phenoxy) is 1. The van der Waals surface area contributed by atoms with Gasteiger partial charge in [-0.2, -0.15) is 0 Å². The number of fused-ring (bicyclic) bond motifs is 1. The molecule has 4 rings (SSSR count). The summed E-state index contributed by atoms with van der Waals surface area (Å²) in [6.07, 6.45) is 4.60. The predicted molar refractivity (Wildman–Crippen MR) is 153 cm³/mol. The first-order valence-electron chi connectivity index (χ1n) is 14.0. The van der Waals surface area contributed by atoms with Crippen LogP contribution in [-0.4, -0.2) is 68.8 Å². The van der Waals surface area contributed by atoms with Crippen LogP contribution in [0.3, 0.4) is 0 Å². The summed E-state index contributed by atoms with van der Waals surface area (Å²) in [5, 5.41) is 11.6. The fraction of sp³-hybridized carbons (Fsp3) is 0.452. The number of ketones is 1. The van der Waals surface area contributed by atoms with Crippen molar-refractivity contribution in [1.82, 2.24) is 19.2 Å². The maximum atomic E-state index is 13.5. The molecule has 8 heteroatoms. The van der Waals surface area contributed by atoms with Crippen molar-refractivity contribution in [2.24, 2.45) is 0 Å². The molecule has 2 aromatic heterocycles. The van der Waals surface area contributed by atoms with Crippen LogP contribution in [-0.2, 0) is 9.59 Å². The minimum absolute atomic E-state index is 0.0756. The summed E-state index contributed by atoms with van der Waals surface area (Å²) < 4.78 is 7.72. The zero-order valence-corrected chi connectivity index (χ0v) is 23.7. The van der Waals surface area contributed by atoms with Crippen molar-refractivity contribution in [1.29, 1.82) is 0 Å². The molecule has 3 heterocycles. The highest BCUT2D eigenvalue weighted by Gasteiger charge is 2.46. The number of aliphatic hydroxyl groups excluding tert-OH is 1. The molecular formula is C31H40N4O4. The highest BCUT2D eigenvalue weighted by molar-refractivity contribution is 6.46. The van der Waals surface area contributed by atoms with Gasteiger partial charge in [0.1, 0.15) is 17.1 Å². The van der Waals surface area contributed by atoms with Crippen molar-refractivity contribution in [2.75, 3.05) is 32.8 Å². The molecule has 1 aliphatic rings. The molecule has 1 saturated heterocycles. The van der Waals surface area contributed by atoms with E-state index < -0.39 is 17.7 Å². The van der Waals surface area contributed by atoms with Crippen LogP contribution in [0.5, 0.6) is 5.75 Å². The Balaban J connectivity index is 1.76. The SMILES string of the molecule is CCCCOc1ccc(C2/C(=C(\O)c3nc4c(C)cccn4c3C)C(=O)C(=O)N2CCCN(CC)CC)cc1. The maximum Gasteiger partial charge on any atom is 0.295 e. The Bertz CT molecular complexity index is 1350. The zero-order chi connectivity index (χ0) is 28.1. The molecule has 1 amide bonds. The van der Waals surface area contributed by atoms with Gasteiger partial charge >= 0.3 is 0 Å². The molecule has 1 N–H and O–H groups in total. The molecule has 1 aliphatic heterocycles. The van der Waals surface area contributed by atoms with Crippen molar-refractivity contribution >= 4 is 23.1 Å². The molecule has 0 aliphatic carbocycles. The lowest BCUT2D eigenvalue weighted by Gasteiger charge is -2.27. The smallest absolute Gasteiger partial charge is 0.295 e. The maximum absolute atomic E-state index is 13.5. The average molecular weight is 533 g/mol. The summed E-state index contributed by atoms with van der Waals surface area (Å²) in [6, 6.07) is 10.6. The summed E-state index contributed by atoms with van der Waals surface area (Å²) >= 11 is 0. The number of aromatic nitrogens is 2. The Kier molecular flexibility index (Phi) is 9.07. The quantitative estimate of drug-likeness (QED) is 0.148. The number of aliphatic hydroxyl groups is 1. The first kappa shape index (κ1) is 28.4. The van der Waals surface area contributed by atoms with Crippen LogP contribution in [0.15, 0.2) is 48.2 Å². The van der Waals surface area contributed by atoms with Crippen molar-refractivity contribution in [3.63, 3.8) is 0 Å². The number of aryl methyl sites for hydroxylation is 2. The van der Waals surface area contributed by atoms with Crippen LogP contribution in [0.4, 0.5) is 0 Å². The number of pyridine rings is 1. The Hall–Kier alpha value is -3.65. The van der Waals surface area contributed by atoms with E-state index in [2.05, 4.69) is 30.7 Å². The standard InChI is InChI=1S/C31H40N4O4/c1-6-9-20-39-24-15-13-23(14-16-24)27-25(29(37)31(38)35(27)19-11-17-33(7-2)8-3)28(36)26-22(5)34-18-10-12-21(4)30(34)32-26/h10,12-16,18,27,36H,6-9,11,17,19-20H2,1-5H3/b28-25+. The normalized spacial score (nSPS) is 17.1. The Labute approximate surface area is 230 Å². The van der Waals surface area contributed by atoms with Crippen LogP contribution >= 0.6 is 0 Å². The Morgan fingerprint density at radius 3 is 2.41 bits per heavy atom. The van der Waals surface area contributed by atoms with Gasteiger partial charge in [0.2, 0.25) is 0 Å². The van der Waals surface area contributed by atoms with E-state index in [1.807, 2.05) is 60.8 Å². The van der Waals surface area contributed by atoms with Gasteiger partial charge in [-0.15, -0.1) is 0 Å². The number of hydrogen-bond acceptors (Lipinski definition) is 6. The third kappa shape index (κ3) is 5.71. The van der Waals surface area contributed by atoms with Gasteiger partial charge in [0.15, 0.2) is 5.76 Å². The molecule has 1 aromatic carbocycles. The molecule has 1 unspecified atom stereocenters. The van der Waals surface area contributed by atoms with Crippen molar-refractivity contribution in [3.05, 3.63) is 70.7 Å². The van der Waals surface area contributed by atoms with Crippen LogP contribution in [0, 0.1) is 13.8 Å². The number of carbonyl (C=O) groups excluding carboxylic acids is 2. The first-order chi connectivity index (χ1) is 18.8. The third-order valence-electron chi connectivity index (χ3n) is 7.58. The van der Waals surface area contributed by atoms with Crippen LogP contribution in [0.25, 0.3) is 11.4 Å². The van der Waals surface area contributed by atoms with Crippen LogP contribution < -0.4 is 4.74 Å². The van der Waals surface area contributed by atoms with E-state index in [1.165, 1.54) is 0 Å². The minimum Gasteiger partial charge on any atom is -0.505 e. The fourth-order valence-electron chi connectivity index (χ4n) is 5.22. The topological polar surface area (TPSA) is 87.4 Å². The number of amides is 1. The van der Waals surface area contributed by atoms with E-state index in [-0.39, 0.29) is 11.3 Å². The second kappa shape index (κ2) is 12.5. The molecule has 0 saturated carbocycles. The number of unbranched alkanes of at least 4 members (excludes halogenated alkanes) is 1. The van der Waals surface area contributed by atoms with Gasteiger partial charge in [-0.3, -0.25) is 9.59 Å². The first-order valence-corrected chi connectivity index (χ1v) is 14.0. The summed E-state index contributed by atoms with van der Waals surface area (Å²) in [6.45, 7) is 13.8. The number of nitrogens with zero attached hydrogens (tertiary/aromatic N) is 4. The second-order valence-corrected chi connectivity index (χ2v) is 10.1. The molecule has 39 heavy (non-hydrogen) atoms. The average Bonchev–Trinajstić information content (AvgIpc) is 3.41. The number of carbonyl (C=O) groups is 2. The van der Waals surface area contributed by atoms with Gasteiger partial charge in [-0.25, -0.2) is 4.98 Å². The van der Waals surface area contributed by atoms with Gasteiger partial charge in [0, 0.05) is 12.7 Å². The lowest BCUT2D eigenvalue weighted by Crippen LogP contribution is -2.33. The summed E-state index contributed by atoms with van der Waals surface area (Å²) in [7, 11) is 0. The molecular weight excluding hydrogens is 492 g/mol. The summed E-state index contributed by atoms with van der Waals surface area (Å²) in [5.41, 5.74) is 3.50. The minimum atomic E-state index is -0.711. The van der Waals surface area contributed by atoms with Gasteiger partial charge in [0.25, 0.3) is 11.7 Å². The third-order valence-corrected chi connectivity index (χ3v) is 7.58. The van der Waals surface area contributed by atoms with Crippen molar-refractivity contribution < 1.29 is 19.4 Å². The van der Waals surface area contributed by atoms with E-state index in [0.717, 1.165) is 55.8 Å². The Morgan fingerprint density at radius 1 is 1.05 bits per heavy atom. The molecule has 0 radical (unpaired) electrons. The molecule has 3 aromatic rings. The second-order valence-electron chi connectivity index (χ2n) is 10.1. The highest BCUT2D eigenvalue weighted by atomic mass is 16.5. The number of imidazole rings is 1. The molecule has 0 spiro atoms. The summed E-state index contributed by atoms with van der Waals surface area (Å²) in [5.74, 6) is -0.787. The van der Waals surface area contributed by atoms with Crippen LogP contribution in [0.1, 0.15) is 68.6 Å². The lowest BCUT2D eigenvalue weighted by atomic mass is 9.96. The summed E-state index contributed by atoms with van der Waals surface area (Å²) in [4.78, 5) is 35.4. The molecule has 1 atom stereocenters. The van der Waals surface area contributed by atoms with E-state index >= 15 is 0 Å². The number of hydrogen-bond donors (Lipinski definition) is 1. The van der Waals surface area contributed by atoms with Gasteiger partial charge < -0.3 is 24.0 Å². The number of rotatable bonds is 12. The van der Waals surface area contributed by atoms with Crippen molar-refractivity contribution in [3.8, 4) is 5.75 Å². The number of benzene rings is 1.